The second-order valence-corrected chi connectivity index (χ2v) is 5.64. The Morgan fingerprint density at radius 3 is 2.68 bits per heavy atom. The second kappa shape index (κ2) is 7.41. The van der Waals surface area contributed by atoms with Crippen molar-refractivity contribution in [3.63, 3.8) is 0 Å². The first-order chi connectivity index (χ1) is 9.28. The molecule has 0 aliphatic carbocycles. The van der Waals surface area contributed by atoms with E-state index in [0.717, 1.165) is 34.6 Å². The van der Waals surface area contributed by atoms with Crippen LogP contribution in [-0.2, 0) is 5.75 Å². The van der Waals surface area contributed by atoms with Crippen LogP contribution < -0.4 is 5.32 Å². The highest BCUT2D eigenvalue weighted by Gasteiger charge is 2.00. The van der Waals surface area contributed by atoms with Gasteiger partial charge in [-0.25, -0.2) is 4.98 Å². The predicted octanol–water partition coefficient (Wildman–Crippen LogP) is 4.85. The molecule has 0 spiro atoms. The number of anilines is 1. The topological polar surface area (TPSA) is 24.9 Å². The van der Waals surface area contributed by atoms with Gasteiger partial charge in [-0.05, 0) is 36.2 Å². The molecule has 0 saturated carbocycles. The van der Waals surface area contributed by atoms with E-state index in [2.05, 4.69) is 29.4 Å². The Balaban J connectivity index is 1.93. The summed E-state index contributed by atoms with van der Waals surface area (Å²) < 4.78 is 0. The lowest BCUT2D eigenvalue weighted by atomic mass is 10.2. The SMILES string of the molecule is CCCNc1cccc(SCc2ccc(Cl)cc2)n1. The summed E-state index contributed by atoms with van der Waals surface area (Å²) in [6, 6.07) is 14.0. The molecule has 0 radical (unpaired) electrons. The standard InChI is InChI=1S/C15H17ClN2S/c1-2-10-17-14-4-3-5-15(18-14)19-11-12-6-8-13(16)9-7-12/h3-9H,2,10-11H2,1H3,(H,17,18). The van der Waals surface area contributed by atoms with Crippen LogP contribution in [0.4, 0.5) is 5.82 Å². The van der Waals surface area contributed by atoms with Crippen molar-refractivity contribution in [2.75, 3.05) is 11.9 Å². The Bertz CT molecular complexity index is 514. The first-order valence-corrected chi connectivity index (χ1v) is 7.72. The highest BCUT2D eigenvalue weighted by Crippen LogP contribution is 2.23. The van der Waals surface area contributed by atoms with Crippen LogP contribution in [0.15, 0.2) is 47.5 Å². The largest absolute Gasteiger partial charge is 0.370 e. The van der Waals surface area contributed by atoms with E-state index < -0.39 is 0 Å². The Labute approximate surface area is 123 Å². The van der Waals surface area contributed by atoms with Gasteiger partial charge in [0.05, 0.1) is 5.03 Å². The van der Waals surface area contributed by atoms with Crippen LogP contribution in [0, 0.1) is 0 Å². The summed E-state index contributed by atoms with van der Waals surface area (Å²) in [4.78, 5) is 4.57. The number of nitrogens with one attached hydrogen (secondary N) is 1. The van der Waals surface area contributed by atoms with Gasteiger partial charge in [0, 0.05) is 17.3 Å². The average Bonchev–Trinajstić information content (AvgIpc) is 2.45. The van der Waals surface area contributed by atoms with E-state index in [9.17, 15) is 0 Å². The molecule has 19 heavy (non-hydrogen) atoms. The minimum Gasteiger partial charge on any atom is -0.370 e. The van der Waals surface area contributed by atoms with Crippen LogP contribution in [-0.4, -0.2) is 11.5 Å². The van der Waals surface area contributed by atoms with Crippen molar-refractivity contribution in [1.29, 1.82) is 0 Å². The zero-order valence-electron chi connectivity index (χ0n) is 10.9. The minimum atomic E-state index is 0.776. The first-order valence-electron chi connectivity index (χ1n) is 6.36. The summed E-state index contributed by atoms with van der Waals surface area (Å²) >= 11 is 7.60. The van der Waals surface area contributed by atoms with Crippen molar-refractivity contribution in [2.45, 2.75) is 24.1 Å². The van der Waals surface area contributed by atoms with Crippen LogP contribution in [0.3, 0.4) is 0 Å². The van der Waals surface area contributed by atoms with E-state index in [-0.39, 0.29) is 0 Å². The number of aromatic nitrogens is 1. The molecule has 2 aromatic rings. The number of pyridine rings is 1. The Hall–Kier alpha value is -1.19. The number of hydrogen-bond donors (Lipinski definition) is 1. The molecule has 0 bridgehead atoms. The molecule has 2 nitrogen and oxygen atoms in total. The summed E-state index contributed by atoms with van der Waals surface area (Å²) in [6.07, 6.45) is 1.10. The van der Waals surface area contributed by atoms with Crippen LogP contribution in [0.5, 0.6) is 0 Å². The molecular formula is C15H17ClN2S. The molecule has 1 aromatic heterocycles. The fourth-order valence-corrected chi connectivity index (χ4v) is 2.56. The molecule has 0 aliphatic rings. The molecule has 4 heteroatoms. The molecule has 0 unspecified atom stereocenters. The number of benzene rings is 1. The predicted molar refractivity (Wildman–Crippen MR) is 84.0 cm³/mol. The first kappa shape index (κ1) is 14.2. The average molecular weight is 293 g/mol. The fraction of sp³-hybridized carbons (Fsp3) is 0.267. The number of nitrogens with zero attached hydrogens (tertiary/aromatic N) is 1. The molecule has 1 aromatic carbocycles. The van der Waals surface area contributed by atoms with E-state index in [1.807, 2.05) is 30.3 Å². The molecule has 1 N–H and O–H groups in total. The van der Waals surface area contributed by atoms with E-state index >= 15 is 0 Å². The molecule has 0 saturated heterocycles. The van der Waals surface area contributed by atoms with Gasteiger partial charge in [0.2, 0.25) is 0 Å². The van der Waals surface area contributed by atoms with Gasteiger partial charge in [0.15, 0.2) is 0 Å². The Morgan fingerprint density at radius 2 is 1.95 bits per heavy atom. The molecule has 1 heterocycles. The minimum absolute atomic E-state index is 0.776. The summed E-state index contributed by atoms with van der Waals surface area (Å²) in [5.74, 6) is 1.85. The van der Waals surface area contributed by atoms with Crippen LogP contribution in [0.2, 0.25) is 5.02 Å². The number of hydrogen-bond acceptors (Lipinski definition) is 3. The third kappa shape index (κ3) is 4.77. The normalized spacial score (nSPS) is 10.4. The molecule has 0 fully saturated rings. The summed E-state index contributed by atoms with van der Waals surface area (Å²) in [7, 11) is 0. The molecular weight excluding hydrogens is 276 g/mol. The van der Waals surface area contributed by atoms with E-state index in [4.69, 9.17) is 11.6 Å². The lowest BCUT2D eigenvalue weighted by molar-refractivity contribution is 0.960. The quantitative estimate of drug-likeness (QED) is 0.771. The third-order valence-electron chi connectivity index (χ3n) is 2.58. The van der Waals surface area contributed by atoms with E-state index in [1.54, 1.807) is 11.8 Å². The maximum atomic E-state index is 5.87. The van der Waals surface area contributed by atoms with Gasteiger partial charge in [-0.3, -0.25) is 0 Å². The molecule has 0 amide bonds. The summed E-state index contributed by atoms with van der Waals surface area (Å²) in [6.45, 7) is 3.10. The third-order valence-corrected chi connectivity index (χ3v) is 3.83. The number of halogens is 1. The lowest BCUT2D eigenvalue weighted by Crippen LogP contribution is -2.01. The van der Waals surface area contributed by atoms with Gasteiger partial charge in [-0.2, -0.15) is 0 Å². The van der Waals surface area contributed by atoms with Crippen molar-refractivity contribution < 1.29 is 0 Å². The summed E-state index contributed by atoms with van der Waals surface area (Å²) in [5, 5.41) is 5.11. The zero-order chi connectivity index (χ0) is 13.5. The van der Waals surface area contributed by atoms with Gasteiger partial charge in [-0.15, -0.1) is 11.8 Å². The molecule has 0 aliphatic heterocycles. The van der Waals surface area contributed by atoms with Gasteiger partial charge < -0.3 is 5.32 Å². The van der Waals surface area contributed by atoms with Crippen LogP contribution in [0.25, 0.3) is 0 Å². The van der Waals surface area contributed by atoms with Crippen molar-refractivity contribution >= 4 is 29.2 Å². The fourth-order valence-electron chi connectivity index (χ4n) is 1.58. The highest BCUT2D eigenvalue weighted by atomic mass is 35.5. The Kier molecular flexibility index (Phi) is 5.55. The van der Waals surface area contributed by atoms with Crippen LogP contribution >= 0.6 is 23.4 Å². The Morgan fingerprint density at radius 1 is 1.16 bits per heavy atom. The lowest BCUT2D eigenvalue weighted by Gasteiger charge is -2.06. The van der Waals surface area contributed by atoms with Crippen molar-refractivity contribution in [1.82, 2.24) is 4.98 Å². The maximum absolute atomic E-state index is 5.87. The zero-order valence-corrected chi connectivity index (χ0v) is 12.5. The number of rotatable bonds is 6. The van der Waals surface area contributed by atoms with Gasteiger partial charge in [-0.1, -0.05) is 36.7 Å². The van der Waals surface area contributed by atoms with Gasteiger partial charge in [0.1, 0.15) is 5.82 Å². The molecule has 0 atom stereocenters. The van der Waals surface area contributed by atoms with Gasteiger partial charge in [0.25, 0.3) is 0 Å². The van der Waals surface area contributed by atoms with Crippen molar-refractivity contribution in [3.8, 4) is 0 Å². The summed E-state index contributed by atoms with van der Waals surface area (Å²) in [5.41, 5.74) is 1.25. The smallest absolute Gasteiger partial charge is 0.127 e. The maximum Gasteiger partial charge on any atom is 0.127 e. The van der Waals surface area contributed by atoms with E-state index in [0.29, 0.717) is 0 Å². The number of thioether (sulfide) groups is 1. The highest BCUT2D eigenvalue weighted by molar-refractivity contribution is 7.98. The molecule has 2 rings (SSSR count). The molecule has 100 valence electrons. The van der Waals surface area contributed by atoms with Gasteiger partial charge >= 0.3 is 0 Å². The van der Waals surface area contributed by atoms with Crippen LogP contribution in [0.1, 0.15) is 18.9 Å². The monoisotopic (exact) mass is 292 g/mol. The van der Waals surface area contributed by atoms with Crippen molar-refractivity contribution in [3.05, 3.63) is 53.1 Å². The van der Waals surface area contributed by atoms with Crippen molar-refractivity contribution in [2.24, 2.45) is 0 Å². The second-order valence-electron chi connectivity index (χ2n) is 4.20. The van der Waals surface area contributed by atoms with E-state index in [1.165, 1.54) is 5.56 Å².